The largest absolute Gasteiger partial charge is 0.105 e. The van der Waals surface area contributed by atoms with Gasteiger partial charge in [0.25, 0.3) is 0 Å². The molecular weight excluding hydrogens is 608 g/mol. The summed E-state index contributed by atoms with van der Waals surface area (Å²) >= 11 is 15.3. The van der Waals surface area contributed by atoms with Gasteiger partial charge in [-0.05, 0) is 12.8 Å². The Morgan fingerprint density at radius 3 is 0.571 bits per heavy atom. The Bertz CT molecular complexity index is 289. The minimum absolute atomic E-state index is 0.0216. The molecule has 4 heteroatoms. The Labute approximate surface area is 210 Å². The van der Waals surface area contributed by atoms with Crippen molar-refractivity contribution in [2.45, 2.75) is 148 Å². The molecule has 2 fully saturated rings. The second kappa shape index (κ2) is 17.5. The van der Waals surface area contributed by atoms with Crippen molar-refractivity contribution >= 4 is 63.7 Å². The highest BCUT2D eigenvalue weighted by Crippen LogP contribution is 2.54. The Balaban J connectivity index is 0.000000292. The molecule has 2 rings (SSSR count). The molecule has 28 heavy (non-hydrogen) atoms. The molecule has 2 saturated carbocycles. The molecule has 0 saturated heterocycles. The first-order valence-corrected chi connectivity index (χ1v) is 15.4. The van der Waals surface area contributed by atoms with Gasteiger partial charge in [-0.15, -0.1) is 0 Å². The molecule has 0 radical (unpaired) electrons. The summed E-state index contributed by atoms with van der Waals surface area (Å²) in [6.45, 7) is 0. The predicted molar refractivity (Wildman–Crippen MR) is 143 cm³/mol. The van der Waals surface area contributed by atoms with Gasteiger partial charge in [0.05, 0.1) is 0 Å². The quantitative estimate of drug-likeness (QED) is 0.229. The van der Waals surface area contributed by atoms with E-state index >= 15 is 0 Å². The molecule has 0 aromatic carbocycles. The van der Waals surface area contributed by atoms with Crippen LogP contribution in [0.3, 0.4) is 0 Å². The van der Waals surface area contributed by atoms with Crippen LogP contribution in [-0.2, 0) is 0 Å². The van der Waals surface area contributed by atoms with Crippen LogP contribution in [0.2, 0.25) is 0 Å². The van der Waals surface area contributed by atoms with Gasteiger partial charge in [-0.1, -0.05) is 192 Å². The Morgan fingerprint density at radius 2 is 0.393 bits per heavy atom. The molecule has 0 nitrogen and oxygen atoms in total. The summed E-state index contributed by atoms with van der Waals surface area (Å²) in [6.07, 6.45) is 31.2. The van der Waals surface area contributed by atoms with E-state index < -0.39 is 0 Å². The van der Waals surface area contributed by atoms with E-state index in [4.69, 9.17) is 0 Å². The monoisotopic (exact) mass is 648 g/mol. The molecule has 2 aliphatic rings. The third-order valence-corrected chi connectivity index (χ3v) is 12.7. The average Bonchev–Trinajstić information content (AvgIpc) is 2.63. The van der Waals surface area contributed by atoms with Crippen molar-refractivity contribution in [2.24, 2.45) is 0 Å². The lowest BCUT2D eigenvalue weighted by atomic mass is 10.0. The Kier molecular flexibility index (Phi) is 17.4. The molecule has 0 aromatic heterocycles. The molecular formula is C24H44Br4. The van der Waals surface area contributed by atoms with E-state index in [2.05, 4.69) is 63.7 Å². The maximum atomic E-state index is 3.83. The average molecular weight is 652 g/mol. The van der Waals surface area contributed by atoms with Gasteiger partial charge < -0.3 is 0 Å². The summed E-state index contributed by atoms with van der Waals surface area (Å²) in [5.41, 5.74) is 0. The molecule has 0 unspecified atom stereocenters. The van der Waals surface area contributed by atoms with Crippen LogP contribution in [0.15, 0.2) is 0 Å². The van der Waals surface area contributed by atoms with Gasteiger partial charge in [0.2, 0.25) is 0 Å². The van der Waals surface area contributed by atoms with Gasteiger partial charge in [-0.2, -0.15) is 0 Å². The topological polar surface area (TPSA) is 0 Å². The predicted octanol–water partition coefficient (Wildman–Crippen LogP) is 11.6. The van der Waals surface area contributed by atoms with Crippen molar-refractivity contribution in [2.75, 3.05) is 0 Å². The smallest absolute Gasteiger partial charge is 0.0702 e. The van der Waals surface area contributed by atoms with Crippen molar-refractivity contribution in [3.8, 4) is 0 Å². The van der Waals surface area contributed by atoms with Crippen molar-refractivity contribution in [3.05, 3.63) is 0 Å². The molecule has 0 heterocycles. The number of hydrogen-bond acceptors (Lipinski definition) is 0. The maximum absolute atomic E-state index is 3.83. The molecule has 168 valence electrons. The van der Waals surface area contributed by atoms with Crippen molar-refractivity contribution in [1.82, 2.24) is 0 Å². The van der Waals surface area contributed by atoms with E-state index in [9.17, 15) is 0 Å². The van der Waals surface area contributed by atoms with Gasteiger partial charge in [0.15, 0.2) is 0 Å². The standard InChI is InChI=1S/C12H20Br4.C12H24/c13-11(14)9-7-5-3-1-2-4-6-8-10-12(11,15)16;1-2-4-6-8-10-12-11-9-7-5-3-1/h1-10H2;1-12H2. The van der Waals surface area contributed by atoms with Gasteiger partial charge in [-0.25, -0.2) is 0 Å². The number of halogens is 4. The summed E-state index contributed by atoms with van der Waals surface area (Å²) in [5.74, 6) is 0. The minimum Gasteiger partial charge on any atom is -0.0702 e. The van der Waals surface area contributed by atoms with Gasteiger partial charge in [0, 0.05) is 0 Å². The molecule has 0 aromatic rings. The van der Waals surface area contributed by atoms with Crippen molar-refractivity contribution in [1.29, 1.82) is 0 Å². The maximum Gasteiger partial charge on any atom is 0.105 e. The highest BCUT2D eigenvalue weighted by molar-refractivity contribution is 9.30. The summed E-state index contributed by atoms with van der Waals surface area (Å²) in [6, 6.07) is 0. The summed E-state index contributed by atoms with van der Waals surface area (Å²) in [5, 5.41) is 0. The third kappa shape index (κ3) is 14.1. The first-order valence-electron chi connectivity index (χ1n) is 12.2. The summed E-state index contributed by atoms with van der Waals surface area (Å²) in [7, 11) is 0. The summed E-state index contributed by atoms with van der Waals surface area (Å²) < 4.78 is -0.0433. The van der Waals surface area contributed by atoms with Crippen molar-refractivity contribution in [3.63, 3.8) is 0 Å². The summed E-state index contributed by atoms with van der Waals surface area (Å²) in [4.78, 5) is 0. The van der Waals surface area contributed by atoms with Crippen LogP contribution >= 0.6 is 63.7 Å². The van der Waals surface area contributed by atoms with Crippen LogP contribution < -0.4 is 0 Å². The van der Waals surface area contributed by atoms with Gasteiger partial charge in [0.1, 0.15) is 6.47 Å². The van der Waals surface area contributed by atoms with Crippen LogP contribution in [0.25, 0.3) is 0 Å². The number of hydrogen-bond donors (Lipinski definition) is 0. The van der Waals surface area contributed by atoms with Gasteiger partial charge in [-0.3, -0.25) is 0 Å². The number of alkyl halides is 4. The molecule has 2 aliphatic carbocycles. The highest BCUT2D eigenvalue weighted by atomic mass is 79.9. The van der Waals surface area contributed by atoms with E-state index in [1.807, 2.05) is 0 Å². The molecule has 0 amide bonds. The van der Waals surface area contributed by atoms with Crippen molar-refractivity contribution < 1.29 is 0 Å². The fourth-order valence-corrected chi connectivity index (χ4v) is 6.16. The fourth-order valence-electron chi connectivity index (χ4n) is 4.24. The van der Waals surface area contributed by atoms with Crippen LogP contribution in [0.5, 0.6) is 0 Å². The van der Waals surface area contributed by atoms with E-state index in [1.54, 1.807) is 0 Å². The van der Waals surface area contributed by atoms with E-state index in [0.717, 1.165) is 12.8 Å². The fraction of sp³-hybridized carbons (Fsp3) is 1.00. The normalized spacial score (nSPS) is 26.1. The molecule has 0 spiro atoms. The third-order valence-electron chi connectivity index (χ3n) is 6.27. The molecule has 0 N–H and O–H groups in total. The second-order valence-electron chi connectivity index (χ2n) is 8.98. The van der Waals surface area contributed by atoms with E-state index in [-0.39, 0.29) is 6.47 Å². The van der Waals surface area contributed by atoms with Crippen LogP contribution in [-0.4, -0.2) is 6.47 Å². The second-order valence-corrected chi connectivity index (χ2v) is 16.5. The zero-order valence-electron chi connectivity index (χ0n) is 18.1. The lowest BCUT2D eigenvalue weighted by molar-refractivity contribution is 0.502. The highest BCUT2D eigenvalue weighted by Gasteiger charge is 2.43. The Hall–Kier alpha value is 1.92. The van der Waals surface area contributed by atoms with Crippen LogP contribution in [0.4, 0.5) is 0 Å². The lowest BCUT2D eigenvalue weighted by Crippen LogP contribution is -2.34. The molecule has 0 aliphatic heterocycles. The molecule has 0 bridgehead atoms. The lowest BCUT2D eigenvalue weighted by Gasteiger charge is -2.35. The van der Waals surface area contributed by atoms with Gasteiger partial charge >= 0.3 is 0 Å². The zero-order chi connectivity index (χ0) is 20.6. The van der Waals surface area contributed by atoms with E-state index in [1.165, 1.54) is 128 Å². The molecule has 0 atom stereocenters. The van der Waals surface area contributed by atoms with E-state index in [0.29, 0.717) is 0 Å². The first kappa shape index (κ1) is 28.0. The Morgan fingerprint density at radius 1 is 0.250 bits per heavy atom. The first-order chi connectivity index (χ1) is 13.5. The zero-order valence-corrected chi connectivity index (χ0v) is 24.4. The van der Waals surface area contributed by atoms with Crippen LogP contribution in [0, 0.1) is 0 Å². The minimum atomic E-state index is -0.0216. The SMILES string of the molecule is BrC1(Br)CCCCCCCCCCC1(Br)Br.C1CCCCCCCCCCC1. The number of rotatable bonds is 0. The van der Waals surface area contributed by atoms with Crippen LogP contribution in [0.1, 0.15) is 141 Å².